The lowest BCUT2D eigenvalue weighted by Gasteiger charge is -2.06. The second-order valence-corrected chi connectivity index (χ2v) is 4.39. The van der Waals surface area contributed by atoms with E-state index < -0.39 is 0 Å². The quantitative estimate of drug-likeness (QED) is 0.673. The van der Waals surface area contributed by atoms with Crippen molar-refractivity contribution in [2.75, 3.05) is 11.6 Å². The van der Waals surface area contributed by atoms with Crippen molar-refractivity contribution in [1.82, 2.24) is 0 Å². The number of rotatable bonds is 4. The smallest absolute Gasteiger partial charge is 0.248 e. The van der Waals surface area contributed by atoms with Crippen LogP contribution < -0.4 is 5.32 Å². The fourth-order valence-electron chi connectivity index (χ4n) is 1.47. The highest BCUT2D eigenvalue weighted by Gasteiger charge is 2.02. The van der Waals surface area contributed by atoms with Crippen molar-refractivity contribution in [3.05, 3.63) is 54.5 Å². The Morgan fingerprint density at radius 2 is 2.11 bits per heavy atom. The SMILES string of the molecule is CSc1ccccc1NC(=O)C=Cc1ccco1. The number of para-hydroxylation sites is 1. The van der Waals surface area contributed by atoms with Gasteiger partial charge in [0.15, 0.2) is 0 Å². The molecule has 3 nitrogen and oxygen atoms in total. The summed E-state index contributed by atoms with van der Waals surface area (Å²) in [5, 5.41) is 2.84. The van der Waals surface area contributed by atoms with Crippen molar-refractivity contribution >= 4 is 29.4 Å². The average molecular weight is 259 g/mol. The van der Waals surface area contributed by atoms with Gasteiger partial charge in [-0.15, -0.1) is 11.8 Å². The molecule has 0 aliphatic heterocycles. The lowest BCUT2D eigenvalue weighted by atomic mass is 10.3. The Labute approximate surface area is 110 Å². The molecule has 1 N–H and O–H groups in total. The molecule has 0 bridgehead atoms. The van der Waals surface area contributed by atoms with Crippen LogP contribution in [0.5, 0.6) is 0 Å². The van der Waals surface area contributed by atoms with Crippen molar-refractivity contribution in [1.29, 1.82) is 0 Å². The first kappa shape index (κ1) is 12.5. The highest BCUT2D eigenvalue weighted by Crippen LogP contribution is 2.24. The zero-order chi connectivity index (χ0) is 12.8. The van der Waals surface area contributed by atoms with Gasteiger partial charge in [-0.25, -0.2) is 0 Å². The third kappa shape index (κ3) is 3.28. The summed E-state index contributed by atoms with van der Waals surface area (Å²) in [5.74, 6) is 0.483. The van der Waals surface area contributed by atoms with Crippen LogP contribution >= 0.6 is 11.8 Å². The van der Waals surface area contributed by atoms with Crippen LogP contribution in [0.4, 0.5) is 5.69 Å². The van der Waals surface area contributed by atoms with E-state index >= 15 is 0 Å². The van der Waals surface area contributed by atoms with Crippen LogP contribution in [0.2, 0.25) is 0 Å². The molecule has 0 radical (unpaired) electrons. The Morgan fingerprint density at radius 1 is 1.28 bits per heavy atom. The molecule has 0 saturated carbocycles. The number of nitrogens with one attached hydrogen (secondary N) is 1. The van der Waals surface area contributed by atoms with E-state index in [1.54, 1.807) is 36.2 Å². The summed E-state index contributed by atoms with van der Waals surface area (Å²) >= 11 is 1.60. The minimum absolute atomic E-state index is 0.173. The highest BCUT2D eigenvalue weighted by molar-refractivity contribution is 7.98. The Balaban J connectivity index is 2.03. The van der Waals surface area contributed by atoms with Crippen LogP contribution in [0.1, 0.15) is 5.76 Å². The van der Waals surface area contributed by atoms with E-state index in [1.807, 2.05) is 30.5 Å². The third-order valence-corrected chi connectivity index (χ3v) is 3.10. The Kier molecular flexibility index (Phi) is 4.25. The summed E-state index contributed by atoms with van der Waals surface area (Å²) < 4.78 is 5.11. The van der Waals surface area contributed by atoms with Gasteiger partial charge in [0.25, 0.3) is 0 Å². The van der Waals surface area contributed by atoms with Crippen LogP contribution in [-0.4, -0.2) is 12.2 Å². The fraction of sp³-hybridized carbons (Fsp3) is 0.0714. The normalized spacial score (nSPS) is 10.7. The summed E-state index contributed by atoms with van der Waals surface area (Å²) in [5.41, 5.74) is 0.819. The average Bonchev–Trinajstić information content (AvgIpc) is 2.90. The van der Waals surface area contributed by atoms with Crippen molar-refractivity contribution in [2.24, 2.45) is 0 Å². The van der Waals surface area contributed by atoms with Gasteiger partial charge in [0.1, 0.15) is 5.76 Å². The van der Waals surface area contributed by atoms with Gasteiger partial charge in [-0.2, -0.15) is 0 Å². The van der Waals surface area contributed by atoms with Crippen molar-refractivity contribution < 1.29 is 9.21 Å². The first-order valence-electron chi connectivity index (χ1n) is 5.45. The molecule has 18 heavy (non-hydrogen) atoms. The maximum atomic E-state index is 11.7. The molecule has 2 rings (SSSR count). The minimum atomic E-state index is -0.173. The molecule has 0 saturated heterocycles. The Hall–Kier alpha value is -1.94. The van der Waals surface area contributed by atoms with Gasteiger partial charge in [0.05, 0.1) is 12.0 Å². The predicted octanol–water partition coefficient (Wildman–Crippen LogP) is 3.65. The van der Waals surface area contributed by atoms with E-state index in [0.29, 0.717) is 5.76 Å². The predicted molar refractivity (Wildman–Crippen MR) is 74.6 cm³/mol. The molecule has 1 aromatic heterocycles. The summed E-state index contributed by atoms with van der Waals surface area (Å²) in [7, 11) is 0. The number of amides is 1. The maximum absolute atomic E-state index is 11.7. The topological polar surface area (TPSA) is 42.2 Å². The highest BCUT2D eigenvalue weighted by atomic mass is 32.2. The molecule has 1 aromatic carbocycles. The largest absolute Gasteiger partial charge is 0.465 e. The van der Waals surface area contributed by atoms with E-state index in [2.05, 4.69) is 5.32 Å². The zero-order valence-electron chi connectivity index (χ0n) is 9.92. The van der Waals surface area contributed by atoms with Gasteiger partial charge in [0.2, 0.25) is 5.91 Å². The van der Waals surface area contributed by atoms with E-state index in [4.69, 9.17) is 4.42 Å². The molecule has 0 atom stereocenters. The molecule has 0 aliphatic carbocycles. The van der Waals surface area contributed by atoms with Gasteiger partial charge in [-0.3, -0.25) is 4.79 Å². The molecule has 0 fully saturated rings. The van der Waals surface area contributed by atoms with E-state index in [0.717, 1.165) is 10.6 Å². The van der Waals surface area contributed by atoms with Gasteiger partial charge >= 0.3 is 0 Å². The lowest BCUT2D eigenvalue weighted by Crippen LogP contribution is -2.08. The molecule has 4 heteroatoms. The number of carbonyl (C=O) groups excluding carboxylic acids is 1. The lowest BCUT2D eigenvalue weighted by molar-refractivity contribution is -0.111. The minimum Gasteiger partial charge on any atom is -0.465 e. The Morgan fingerprint density at radius 3 is 2.83 bits per heavy atom. The second kappa shape index (κ2) is 6.12. The number of anilines is 1. The summed E-state index contributed by atoms with van der Waals surface area (Å²) in [6, 6.07) is 11.3. The number of thioether (sulfide) groups is 1. The van der Waals surface area contributed by atoms with Crippen molar-refractivity contribution in [3.63, 3.8) is 0 Å². The molecule has 0 aliphatic rings. The molecule has 0 spiro atoms. The Bertz CT molecular complexity index is 547. The molecule has 2 aromatic rings. The van der Waals surface area contributed by atoms with E-state index in [-0.39, 0.29) is 5.91 Å². The number of benzene rings is 1. The van der Waals surface area contributed by atoms with Crippen LogP contribution in [0.25, 0.3) is 6.08 Å². The second-order valence-electron chi connectivity index (χ2n) is 3.54. The maximum Gasteiger partial charge on any atom is 0.248 e. The molecule has 0 unspecified atom stereocenters. The molecular weight excluding hydrogens is 246 g/mol. The van der Waals surface area contributed by atoms with E-state index in [9.17, 15) is 4.79 Å². The van der Waals surface area contributed by atoms with Crippen molar-refractivity contribution in [3.8, 4) is 0 Å². The number of hydrogen-bond donors (Lipinski definition) is 1. The third-order valence-electron chi connectivity index (χ3n) is 2.31. The van der Waals surface area contributed by atoms with Gasteiger partial charge in [0, 0.05) is 11.0 Å². The molecular formula is C14H13NO2S. The molecule has 1 heterocycles. The molecule has 1 amide bonds. The first-order valence-corrected chi connectivity index (χ1v) is 6.67. The van der Waals surface area contributed by atoms with Gasteiger partial charge in [-0.1, -0.05) is 12.1 Å². The molecule has 92 valence electrons. The number of carbonyl (C=O) groups is 1. The van der Waals surface area contributed by atoms with Crippen LogP contribution in [-0.2, 0) is 4.79 Å². The van der Waals surface area contributed by atoms with Crippen molar-refractivity contribution in [2.45, 2.75) is 4.90 Å². The monoisotopic (exact) mass is 259 g/mol. The van der Waals surface area contributed by atoms with Crippen LogP contribution in [0.3, 0.4) is 0 Å². The first-order chi connectivity index (χ1) is 8.79. The van der Waals surface area contributed by atoms with Crippen LogP contribution in [0.15, 0.2) is 58.1 Å². The standard InChI is InChI=1S/C14H13NO2S/c1-18-13-7-3-2-6-12(13)15-14(16)9-8-11-5-4-10-17-11/h2-10H,1H3,(H,15,16). The van der Waals surface area contributed by atoms with Gasteiger partial charge < -0.3 is 9.73 Å². The van der Waals surface area contributed by atoms with Gasteiger partial charge in [-0.05, 0) is 36.6 Å². The summed E-state index contributed by atoms with van der Waals surface area (Å²) in [6.45, 7) is 0. The zero-order valence-corrected chi connectivity index (χ0v) is 10.7. The van der Waals surface area contributed by atoms with E-state index in [1.165, 1.54) is 6.08 Å². The van der Waals surface area contributed by atoms with Crippen LogP contribution in [0, 0.1) is 0 Å². The number of hydrogen-bond acceptors (Lipinski definition) is 3. The summed E-state index contributed by atoms with van der Waals surface area (Å²) in [6.07, 6.45) is 6.64. The number of furan rings is 1. The fourth-order valence-corrected chi connectivity index (χ4v) is 2.02. The summed E-state index contributed by atoms with van der Waals surface area (Å²) in [4.78, 5) is 12.8.